The number of nitrogens with zero attached hydrogens (tertiary/aromatic N) is 1. The Hall–Kier alpha value is -1.78. The molecule has 3 rings (SSSR count). The molecule has 2 fully saturated rings. The van der Waals surface area contributed by atoms with E-state index in [0.717, 1.165) is 30.7 Å². The van der Waals surface area contributed by atoms with E-state index in [1.165, 1.54) is 19.3 Å². The van der Waals surface area contributed by atoms with Crippen molar-refractivity contribution in [1.29, 1.82) is 0 Å². The molecule has 0 bridgehead atoms. The molecule has 2 aliphatic rings. The zero-order chi connectivity index (χ0) is 16.6. The van der Waals surface area contributed by atoms with Crippen molar-refractivity contribution in [3.05, 3.63) is 23.0 Å². The van der Waals surface area contributed by atoms with E-state index < -0.39 is 11.5 Å². The van der Waals surface area contributed by atoms with Crippen LogP contribution in [0, 0.1) is 13.8 Å². The summed E-state index contributed by atoms with van der Waals surface area (Å²) in [6, 6.07) is 2.38. The van der Waals surface area contributed by atoms with Crippen molar-refractivity contribution in [2.24, 2.45) is 0 Å². The third-order valence-corrected chi connectivity index (χ3v) is 5.64. The first-order valence-corrected chi connectivity index (χ1v) is 8.69. The van der Waals surface area contributed by atoms with Crippen LogP contribution in [-0.2, 0) is 4.79 Å². The summed E-state index contributed by atoms with van der Waals surface area (Å²) in [7, 11) is 0. The number of hydrogen-bond acceptors (Lipinski definition) is 2. The maximum Gasteiger partial charge on any atom is 0.329 e. The summed E-state index contributed by atoms with van der Waals surface area (Å²) in [6.07, 6.45) is 8.01. The highest BCUT2D eigenvalue weighted by molar-refractivity contribution is 5.99. The molecule has 0 unspecified atom stereocenters. The van der Waals surface area contributed by atoms with Gasteiger partial charge in [-0.3, -0.25) is 4.79 Å². The predicted molar refractivity (Wildman–Crippen MR) is 87.7 cm³/mol. The Morgan fingerprint density at radius 1 is 1.17 bits per heavy atom. The van der Waals surface area contributed by atoms with Crippen LogP contribution >= 0.6 is 0 Å². The summed E-state index contributed by atoms with van der Waals surface area (Å²) in [4.78, 5) is 24.1. The minimum absolute atomic E-state index is 0.248. The Morgan fingerprint density at radius 3 is 2.35 bits per heavy atom. The number of aryl methyl sites for hydroxylation is 1. The molecule has 0 aliphatic heterocycles. The first-order chi connectivity index (χ1) is 10.9. The Bertz CT molecular complexity index is 622. The minimum Gasteiger partial charge on any atom is -0.480 e. The average Bonchev–Trinajstić information content (AvgIpc) is 2.78. The zero-order valence-electron chi connectivity index (χ0n) is 14.0. The van der Waals surface area contributed by atoms with E-state index in [4.69, 9.17) is 0 Å². The number of hydrogen-bond donors (Lipinski definition) is 2. The van der Waals surface area contributed by atoms with Gasteiger partial charge in [-0.1, -0.05) is 19.3 Å². The molecule has 5 nitrogen and oxygen atoms in total. The van der Waals surface area contributed by atoms with E-state index in [1.807, 2.05) is 19.9 Å². The van der Waals surface area contributed by atoms with Gasteiger partial charge in [0.1, 0.15) is 5.54 Å². The molecule has 1 aromatic heterocycles. The van der Waals surface area contributed by atoms with Crippen LogP contribution in [0.1, 0.15) is 79.2 Å². The molecule has 0 saturated heterocycles. The second-order valence-corrected chi connectivity index (χ2v) is 7.14. The number of carbonyl (C=O) groups is 2. The number of amides is 1. The summed E-state index contributed by atoms with van der Waals surface area (Å²) in [5.41, 5.74) is 1.63. The van der Waals surface area contributed by atoms with Gasteiger partial charge in [0.05, 0.1) is 5.56 Å². The smallest absolute Gasteiger partial charge is 0.329 e. The maximum atomic E-state index is 12.6. The number of carbonyl (C=O) groups excluding carboxylic acids is 1. The molecule has 0 radical (unpaired) electrons. The van der Waals surface area contributed by atoms with Crippen LogP contribution in [0.25, 0.3) is 0 Å². The molecule has 23 heavy (non-hydrogen) atoms. The van der Waals surface area contributed by atoms with Crippen LogP contribution in [0.5, 0.6) is 0 Å². The molecule has 1 aromatic rings. The van der Waals surface area contributed by atoms with E-state index in [-0.39, 0.29) is 5.91 Å². The highest BCUT2D eigenvalue weighted by Gasteiger charge is 2.46. The molecule has 2 N–H and O–H groups in total. The van der Waals surface area contributed by atoms with Crippen LogP contribution < -0.4 is 5.32 Å². The quantitative estimate of drug-likeness (QED) is 0.894. The standard InChI is InChI=1S/C18H26N2O3/c1-12-11-15(13(2)20(12)14-7-4-3-5-8-14)16(21)19-18(17(22)23)9-6-10-18/h11,14H,3-10H2,1-2H3,(H,19,21)(H,22,23). The van der Waals surface area contributed by atoms with Gasteiger partial charge in [-0.2, -0.15) is 0 Å². The summed E-state index contributed by atoms with van der Waals surface area (Å²) in [5.74, 6) is -1.17. The zero-order valence-corrected chi connectivity index (χ0v) is 14.0. The van der Waals surface area contributed by atoms with Gasteiger partial charge in [-0.05, 0) is 52.0 Å². The van der Waals surface area contributed by atoms with Crippen molar-refractivity contribution < 1.29 is 14.7 Å². The number of carboxylic acid groups (broad SMARTS) is 1. The van der Waals surface area contributed by atoms with Crippen molar-refractivity contribution in [3.63, 3.8) is 0 Å². The van der Waals surface area contributed by atoms with Crippen LogP contribution in [0.4, 0.5) is 0 Å². The van der Waals surface area contributed by atoms with Crippen molar-refractivity contribution in [1.82, 2.24) is 9.88 Å². The topological polar surface area (TPSA) is 71.3 Å². The lowest BCUT2D eigenvalue weighted by atomic mass is 9.76. The number of nitrogens with one attached hydrogen (secondary N) is 1. The normalized spacial score (nSPS) is 20.8. The van der Waals surface area contributed by atoms with E-state index >= 15 is 0 Å². The van der Waals surface area contributed by atoms with Crippen molar-refractivity contribution >= 4 is 11.9 Å². The van der Waals surface area contributed by atoms with Crippen molar-refractivity contribution in [2.75, 3.05) is 0 Å². The third-order valence-electron chi connectivity index (χ3n) is 5.64. The van der Waals surface area contributed by atoms with E-state index in [0.29, 0.717) is 24.4 Å². The van der Waals surface area contributed by atoms with E-state index in [2.05, 4.69) is 9.88 Å². The molecule has 1 amide bonds. The molecule has 0 atom stereocenters. The van der Waals surface area contributed by atoms with Crippen LogP contribution in [0.15, 0.2) is 6.07 Å². The fourth-order valence-corrected chi connectivity index (χ4v) is 4.12. The largest absolute Gasteiger partial charge is 0.480 e. The van der Waals surface area contributed by atoms with Gasteiger partial charge in [0.15, 0.2) is 0 Å². The number of aromatic nitrogens is 1. The lowest BCUT2D eigenvalue weighted by Crippen LogP contribution is -2.59. The molecule has 2 saturated carbocycles. The number of carboxylic acids is 1. The van der Waals surface area contributed by atoms with Gasteiger partial charge >= 0.3 is 5.97 Å². The lowest BCUT2D eigenvalue weighted by Gasteiger charge is -2.38. The third kappa shape index (κ3) is 2.77. The Balaban J connectivity index is 1.83. The Kier molecular flexibility index (Phi) is 4.21. The predicted octanol–water partition coefficient (Wildman–Crippen LogP) is 3.35. The summed E-state index contributed by atoms with van der Waals surface area (Å²) in [5, 5.41) is 12.2. The minimum atomic E-state index is -1.05. The van der Waals surface area contributed by atoms with Gasteiger partial charge in [0.2, 0.25) is 0 Å². The van der Waals surface area contributed by atoms with E-state index in [1.54, 1.807) is 0 Å². The summed E-state index contributed by atoms with van der Waals surface area (Å²) in [6.45, 7) is 4.01. The van der Waals surface area contributed by atoms with Crippen LogP contribution in [0.3, 0.4) is 0 Å². The van der Waals surface area contributed by atoms with Crippen LogP contribution in [0.2, 0.25) is 0 Å². The second kappa shape index (κ2) is 6.02. The maximum absolute atomic E-state index is 12.6. The summed E-state index contributed by atoms with van der Waals surface area (Å²) >= 11 is 0. The second-order valence-electron chi connectivity index (χ2n) is 7.14. The number of aliphatic carboxylic acids is 1. The van der Waals surface area contributed by atoms with Gasteiger partial charge < -0.3 is 15.0 Å². The molecule has 5 heteroatoms. The lowest BCUT2D eigenvalue weighted by molar-refractivity contribution is -0.148. The SMILES string of the molecule is Cc1cc(C(=O)NC2(C(=O)O)CCC2)c(C)n1C1CCCCC1. The molecular formula is C18H26N2O3. The fourth-order valence-electron chi connectivity index (χ4n) is 4.12. The first kappa shape index (κ1) is 16.1. The molecule has 2 aliphatic carbocycles. The molecule has 0 aromatic carbocycles. The Morgan fingerprint density at radius 2 is 1.83 bits per heavy atom. The monoisotopic (exact) mass is 318 g/mol. The van der Waals surface area contributed by atoms with Crippen molar-refractivity contribution in [3.8, 4) is 0 Å². The van der Waals surface area contributed by atoms with E-state index in [9.17, 15) is 14.7 Å². The average molecular weight is 318 g/mol. The fraction of sp³-hybridized carbons (Fsp3) is 0.667. The molecule has 1 heterocycles. The molecular weight excluding hydrogens is 292 g/mol. The van der Waals surface area contributed by atoms with Gasteiger partial charge in [0.25, 0.3) is 5.91 Å². The Labute approximate surface area is 137 Å². The first-order valence-electron chi connectivity index (χ1n) is 8.69. The highest BCUT2D eigenvalue weighted by Crippen LogP contribution is 2.34. The molecule has 0 spiro atoms. The van der Waals surface area contributed by atoms with Crippen LogP contribution in [-0.4, -0.2) is 27.1 Å². The van der Waals surface area contributed by atoms with Gasteiger partial charge in [0, 0.05) is 17.4 Å². The summed E-state index contributed by atoms with van der Waals surface area (Å²) < 4.78 is 2.28. The highest BCUT2D eigenvalue weighted by atomic mass is 16.4. The van der Waals surface area contributed by atoms with Gasteiger partial charge in [-0.15, -0.1) is 0 Å². The molecule has 126 valence electrons. The van der Waals surface area contributed by atoms with Gasteiger partial charge in [-0.25, -0.2) is 4.79 Å². The van der Waals surface area contributed by atoms with Crippen molar-refractivity contribution in [2.45, 2.75) is 76.8 Å². The number of rotatable bonds is 4.